The van der Waals surface area contributed by atoms with Crippen molar-refractivity contribution < 1.29 is 19.1 Å². The summed E-state index contributed by atoms with van der Waals surface area (Å²) in [6, 6.07) is 17.9. The number of nitrogens with zero attached hydrogens (tertiary/aromatic N) is 1. The summed E-state index contributed by atoms with van der Waals surface area (Å²) in [7, 11) is 0. The van der Waals surface area contributed by atoms with Crippen LogP contribution in [0.3, 0.4) is 0 Å². The van der Waals surface area contributed by atoms with Crippen LogP contribution in [0, 0.1) is 5.92 Å². The molecule has 2 aliphatic rings. The smallest absolute Gasteiger partial charge is 0.411 e. The lowest BCUT2D eigenvalue weighted by Gasteiger charge is -2.27. The highest BCUT2D eigenvalue weighted by atomic mass is 16.6. The van der Waals surface area contributed by atoms with Gasteiger partial charge in [0.1, 0.15) is 18.2 Å². The van der Waals surface area contributed by atoms with E-state index in [1.54, 1.807) is 4.90 Å². The van der Waals surface area contributed by atoms with Crippen molar-refractivity contribution in [3.8, 4) is 0 Å². The minimum absolute atomic E-state index is 0.182. The van der Waals surface area contributed by atoms with Gasteiger partial charge < -0.3 is 9.47 Å². The monoisotopic (exact) mass is 449 g/mol. The molecule has 0 aromatic heterocycles. The van der Waals surface area contributed by atoms with Crippen molar-refractivity contribution in [2.45, 2.75) is 77.0 Å². The van der Waals surface area contributed by atoms with E-state index in [1.807, 2.05) is 51.1 Å². The minimum atomic E-state index is -0.622. The number of amides is 1. The van der Waals surface area contributed by atoms with E-state index in [2.05, 4.69) is 24.3 Å². The van der Waals surface area contributed by atoms with Crippen molar-refractivity contribution in [1.82, 2.24) is 4.90 Å². The van der Waals surface area contributed by atoms with Crippen molar-refractivity contribution in [3.63, 3.8) is 0 Å². The Kier molecular flexibility index (Phi) is 7.06. The first kappa shape index (κ1) is 23.3. The molecule has 2 aromatic carbocycles. The largest absolute Gasteiger partial charge is 0.459 e. The average molecular weight is 450 g/mol. The molecule has 1 amide bonds. The summed E-state index contributed by atoms with van der Waals surface area (Å²) >= 11 is 0. The van der Waals surface area contributed by atoms with E-state index in [1.165, 1.54) is 30.4 Å². The van der Waals surface area contributed by atoms with Crippen LogP contribution < -0.4 is 0 Å². The minimum Gasteiger partial charge on any atom is -0.459 e. The predicted octanol–water partition coefficient (Wildman–Crippen LogP) is 5.87. The Morgan fingerprint density at radius 2 is 1.67 bits per heavy atom. The lowest BCUT2D eigenvalue weighted by atomic mass is 9.80. The number of carbonyl (C=O) groups is 2. The van der Waals surface area contributed by atoms with Gasteiger partial charge in [0.25, 0.3) is 0 Å². The number of ether oxygens (including phenoxy) is 2. The zero-order valence-corrected chi connectivity index (χ0v) is 20.0. The Balaban J connectivity index is 1.42. The molecule has 1 heterocycles. The zero-order valence-electron chi connectivity index (χ0n) is 20.0. The van der Waals surface area contributed by atoms with Gasteiger partial charge in [-0.3, -0.25) is 4.90 Å². The molecule has 1 saturated heterocycles. The molecule has 0 radical (unpaired) electrons. The van der Waals surface area contributed by atoms with Gasteiger partial charge in [0, 0.05) is 6.54 Å². The molecule has 5 heteroatoms. The van der Waals surface area contributed by atoms with Crippen LogP contribution in [0.5, 0.6) is 0 Å². The van der Waals surface area contributed by atoms with Gasteiger partial charge in [-0.25, -0.2) is 9.59 Å². The van der Waals surface area contributed by atoms with Crippen LogP contribution in [-0.2, 0) is 27.3 Å². The number of likely N-dealkylation sites (tertiary alicyclic amines) is 1. The molecule has 0 bridgehead atoms. The predicted molar refractivity (Wildman–Crippen MR) is 128 cm³/mol. The van der Waals surface area contributed by atoms with Gasteiger partial charge in [-0.1, -0.05) is 61.0 Å². The maximum absolute atomic E-state index is 13.0. The number of carbonyl (C=O) groups excluding carboxylic acids is 2. The van der Waals surface area contributed by atoms with Crippen LogP contribution in [0.1, 0.15) is 69.1 Å². The van der Waals surface area contributed by atoms with E-state index >= 15 is 0 Å². The summed E-state index contributed by atoms with van der Waals surface area (Å²) in [6.45, 7) is 6.20. The molecule has 2 atom stereocenters. The van der Waals surface area contributed by atoms with E-state index in [0.717, 1.165) is 17.9 Å². The Bertz CT molecular complexity index is 944. The topological polar surface area (TPSA) is 55.8 Å². The van der Waals surface area contributed by atoms with Crippen LogP contribution in [0.2, 0.25) is 0 Å². The van der Waals surface area contributed by atoms with Crippen LogP contribution in [-0.4, -0.2) is 35.2 Å². The lowest BCUT2D eigenvalue weighted by Crippen LogP contribution is -2.44. The summed E-state index contributed by atoms with van der Waals surface area (Å²) in [5.41, 5.74) is 2.97. The molecule has 0 unspecified atom stereocenters. The highest BCUT2D eigenvalue weighted by molar-refractivity contribution is 5.82. The molecular formula is C28H35NO4. The van der Waals surface area contributed by atoms with Gasteiger partial charge in [0.15, 0.2) is 0 Å². The van der Waals surface area contributed by atoms with E-state index < -0.39 is 17.7 Å². The summed E-state index contributed by atoms with van der Waals surface area (Å²) < 4.78 is 11.2. The van der Waals surface area contributed by atoms with E-state index in [9.17, 15) is 9.59 Å². The summed E-state index contributed by atoms with van der Waals surface area (Å²) in [5.74, 6) is 0.533. The first-order valence-corrected chi connectivity index (χ1v) is 12.1. The zero-order chi connectivity index (χ0) is 23.4. The number of esters is 1. The molecule has 1 saturated carbocycles. The SMILES string of the molecule is CC(C)(C)OC(=O)N1C[C@@H](Cc2ccc(C3CCC3)cc2)C[C@@H]1C(=O)OCc1ccccc1. The molecule has 2 fully saturated rings. The van der Waals surface area contributed by atoms with Crippen LogP contribution >= 0.6 is 0 Å². The summed E-state index contributed by atoms with van der Waals surface area (Å²) in [5, 5.41) is 0. The second-order valence-corrected chi connectivity index (χ2v) is 10.4. The Morgan fingerprint density at radius 3 is 2.27 bits per heavy atom. The van der Waals surface area contributed by atoms with Gasteiger partial charge in [-0.2, -0.15) is 0 Å². The van der Waals surface area contributed by atoms with Crippen molar-refractivity contribution in [1.29, 1.82) is 0 Å². The number of hydrogen-bond acceptors (Lipinski definition) is 4. The fourth-order valence-electron chi connectivity index (χ4n) is 4.64. The third-order valence-electron chi connectivity index (χ3n) is 6.59. The lowest BCUT2D eigenvalue weighted by molar-refractivity contribution is -0.150. The molecule has 0 N–H and O–H groups in total. The van der Waals surface area contributed by atoms with Crippen molar-refractivity contribution in [3.05, 3.63) is 71.3 Å². The van der Waals surface area contributed by atoms with E-state index in [-0.39, 0.29) is 18.5 Å². The standard InChI is InChI=1S/C28H35NO4/c1-28(2,3)33-27(31)29-18-22(16-20-12-14-24(15-13-20)23-10-7-11-23)17-25(29)26(30)32-19-21-8-5-4-6-9-21/h4-6,8-9,12-15,22-23,25H,7,10-11,16-19H2,1-3H3/t22-,25+/m0/s1. The highest BCUT2D eigenvalue weighted by Crippen LogP contribution is 2.36. The fourth-order valence-corrected chi connectivity index (χ4v) is 4.64. The highest BCUT2D eigenvalue weighted by Gasteiger charge is 2.42. The summed E-state index contributed by atoms with van der Waals surface area (Å²) in [6.07, 6.45) is 4.87. The molecule has 33 heavy (non-hydrogen) atoms. The molecule has 0 spiro atoms. The quantitative estimate of drug-likeness (QED) is 0.518. The maximum Gasteiger partial charge on any atom is 0.411 e. The molecule has 1 aliphatic heterocycles. The number of benzene rings is 2. The fraction of sp³-hybridized carbons (Fsp3) is 0.500. The third-order valence-corrected chi connectivity index (χ3v) is 6.59. The van der Waals surface area contributed by atoms with Crippen LogP contribution in [0.15, 0.2) is 54.6 Å². The van der Waals surface area contributed by atoms with E-state index in [0.29, 0.717) is 13.0 Å². The Labute approximate surface area is 197 Å². The second kappa shape index (κ2) is 9.98. The first-order chi connectivity index (χ1) is 15.8. The van der Waals surface area contributed by atoms with Crippen LogP contribution in [0.4, 0.5) is 4.79 Å². The first-order valence-electron chi connectivity index (χ1n) is 12.1. The Morgan fingerprint density at radius 1 is 0.970 bits per heavy atom. The Hall–Kier alpha value is -2.82. The van der Waals surface area contributed by atoms with Crippen LogP contribution in [0.25, 0.3) is 0 Å². The second-order valence-electron chi connectivity index (χ2n) is 10.4. The number of hydrogen-bond donors (Lipinski definition) is 0. The molecule has 4 rings (SSSR count). The van der Waals surface area contributed by atoms with Gasteiger partial charge in [0.05, 0.1) is 0 Å². The van der Waals surface area contributed by atoms with Crippen molar-refractivity contribution >= 4 is 12.1 Å². The van der Waals surface area contributed by atoms with Gasteiger partial charge in [-0.15, -0.1) is 0 Å². The van der Waals surface area contributed by atoms with Gasteiger partial charge in [-0.05, 0) is 75.0 Å². The molecule has 5 nitrogen and oxygen atoms in total. The molecule has 1 aliphatic carbocycles. The maximum atomic E-state index is 13.0. The number of rotatable bonds is 6. The molecule has 176 valence electrons. The van der Waals surface area contributed by atoms with E-state index in [4.69, 9.17) is 9.47 Å². The van der Waals surface area contributed by atoms with Crippen molar-refractivity contribution in [2.75, 3.05) is 6.54 Å². The van der Waals surface area contributed by atoms with Crippen molar-refractivity contribution in [2.24, 2.45) is 5.92 Å². The molecular weight excluding hydrogens is 414 g/mol. The average Bonchev–Trinajstić information content (AvgIpc) is 3.16. The summed E-state index contributed by atoms with van der Waals surface area (Å²) in [4.78, 5) is 27.4. The third kappa shape index (κ3) is 6.16. The molecule has 2 aromatic rings. The normalized spacial score (nSPS) is 20.9. The van der Waals surface area contributed by atoms with Gasteiger partial charge >= 0.3 is 12.1 Å². The van der Waals surface area contributed by atoms with Gasteiger partial charge in [0.2, 0.25) is 0 Å².